The van der Waals surface area contributed by atoms with Crippen molar-refractivity contribution in [3.8, 4) is 0 Å². The number of aryl methyl sites for hydroxylation is 2. The highest BCUT2D eigenvalue weighted by Crippen LogP contribution is 2.30. The number of quaternary nitrogens is 1. The van der Waals surface area contributed by atoms with Crippen molar-refractivity contribution in [3.63, 3.8) is 0 Å². The van der Waals surface area contributed by atoms with Gasteiger partial charge in [0.15, 0.2) is 5.69 Å². The van der Waals surface area contributed by atoms with E-state index in [-0.39, 0.29) is 5.91 Å². The molecule has 0 unspecified atom stereocenters. The number of carbonyl (C=O) groups is 1. The average molecular weight is 265 g/mol. The fourth-order valence-electron chi connectivity index (χ4n) is 2.44. The van der Waals surface area contributed by atoms with Gasteiger partial charge in [-0.1, -0.05) is 24.8 Å². The van der Waals surface area contributed by atoms with Crippen LogP contribution in [0.4, 0.5) is 5.69 Å². The van der Waals surface area contributed by atoms with Crippen molar-refractivity contribution in [1.29, 1.82) is 0 Å². The van der Waals surface area contributed by atoms with E-state index < -0.39 is 0 Å². The lowest BCUT2D eigenvalue weighted by Gasteiger charge is -2.13. The standard InChI is InChI=1S/C17H16N2O/c1-11-9-15-13(3)19(17(20)16(15)10-12(11)2)18-14-7-5-4-6-8-14/h4-10,18H,3H2,1-2H3/p+1. The molecule has 1 heterocycles. The van der Waals surface area contributed by atoms with Gasteiger partial charge >= 0.3 is 5.91 Å². The van der Waals surface area contributed by atoms with Crippen molar-refractivity contribution in [2.24, 2.45) is 0 Å². The van der Waals surface area contributed by atoms with Crippen molar-refractivity contribution in [2.75, 3.05) is 0 Å². The normalized spacial score (nSPS) is 13.8. The number of carbonyl (C=O) groups excluding carboxylic acids is 1. The Morgan fingerprint density at radius 2 is 1.60 bits per heavy atom. The predicted molar refractivity (Wildman–Crippen MR) is 79.1 cm³/mol. The summed E-state index contributed by atoms with van der Waals surface area (Å²) in [5.74, 6) is -0.00282. The molecule has 0 saturated heterocycles. The second-order valence-corrected chi connectivity index (χ2v) is 5.14. The van der Waals surface area contributed by atoms with Gasteiger partial charge in [0, 0.05) is 17.7 Å². The van der Waals surface area contributed by atoms with Crippen LogP contribution in [0.25, 0.3) is 5.70 Å². The molecule has 3 nitrogen and oxygen atoms in total. The van der Waals surface area contributed by atoms with Crippen molar-refractivity contribution < 1.29 is 10.2 Å². The SMILES string of the molecule is C=C1c2cc(C)c(C)cc2C(=O)N1[NH2+]c1ccccc1. The summed E-state index contributed by atoms with van der Waals surface area (Å²) in [5.41, 5.74) is 7.57. The second kappa shape index (κ2) is 4.62. The third-order valence-corrected chi connectivity index (χ3v) is 3.76. The zero-order valence-corrected chi connectivity index (χ0v) is 11.7. The molecule has 0 saturated carbocycles. The Morgan fingerprint density at radius 1 is 1.00 bits per heavy atom. The number of amides is 1. The van der Waals surface area contributed by atoms with Gasteiger partial charge < -0.3 is 0 Å². The Morgan fingerprint density at radius 3 is 2.25 bits per heavy atom. The summed E-state index contributed by atoms with van der Waals surface area (Å²) in [5, 5.41) is 1.64. The zero-order chi connectivity index (χ0) is 14.3. The summed E-state index contributed by atoms with van der Waals surface area (Å²) in [6.07, 6.45) is 0. The summed E-state index contributed by atoms with van der Waals surface area (Å²) < 4.78 is 0. The van der Waals surface area contributed by atoms with E-state index in [9.17, 15) is 4.79 Å². The second-order valence-electron chi connectivity index (χ2n) is 5.14. The van der Waals surface area contributed by atoms with E-state index in [1.807, 2.05) is 54.8 Å². The van der Waals surface area contributed by atoms with E-state index in [1.165, 1.54) is 5.56 Å². The van der Waals surface area contributed by atoms with Crippen LogP contribution in [0.2, 0.25) is 0 Å². The predicted octanol–water partition coefficient (Wildman–Crippen LogP) is 2.54. The number of nitrogens with two attached hydrogens (primary N) is 1. The minimum Gasteiger partial charge on any atom is -0.263 e. The van der Waals surface area contributed by atoms with Crippen LogP contribution < -0.4 is 5.43 Å². The molecule has 0 aliphatic carbocycles. The van der Waals surface area contributed by atoms with E-state index >= 15 is 0 Å². The molecule has 0 atom stereocenters. The molecule has 3 heteroatoms. The molecule has 2 aromatic carbocycles. The van der Waals surface area contributed by atoms with Crippen molar-refractivity contribution in [2.45, 2.75) is 13.8 Å². The zero-order valence-electron chi connectivity index (χ0n) is 11.7. The van der Waals surface area contributed by atoms with E-state index in [2.05, 4.69) is 13.5 Å². The molecular formula is C17H17N2O+. The minimum absolute atomic E-state index is 0.00282. The van der Waals surface area contributed by atoms with Crippen LogP contribution in [0.15, 0.2) is 49.0 Å². The lowest BCUT2D eigenvalue weighted by molar-refractivity contribution is -0.697. The third kappa shape index (κ3) is 1.92. The Bertz CT molecular complexity index is 663. The van der Waals surface area contributed by atoms with Crippen molar-refractivity contribution in [1.82, 2.24) is 5.01 Å². The Labute approximate surface area is 118 Å². The minimum atomic E-state index is -0.00282. The maximum atomic E-state index is 12.5. The number of rotatable bonds is 2. The van der Waals surface area contributed by atoms with E-state index in [1.54, 1.807) is 5.01 Å². The maximum Gasteiger partial charge on any atom is 0.304 e. The first-order valence-electron chi connectivity index (χ1n) is 6.62. The molecule has 3 rings (SSSR count). The number of hydrogen-bond donors (Lipinski definition) is 1. The van der Waals surface area contributed by atoms with Crippen LogP contribution in [0.1, 0.15) is 27.0 Å². The van der Waals surface area contributed by atoms with Crippen molar-refractivity contribution in [3.05, 3.63) is 71.3 Å². The van der Waals surface area contributed by atoms with Gasteiger partial charge in [-0.25, -0.2) is 5.43 Å². The molecule has 100 valence electrons. The largest absolute Gasteiger partial charge is 0.304 e. The molecule has 0 aromatic heterocycles. The molecule has 1 aliphatic heterocycles. The molecular weight excluding hydrogens is 248 g/mol. The monoisotopic (exact) mass is 265 g/mol. The highest BCUT2D eigenvalue weighted by Gasteiger charge is 2.34. The Balaban J connectivity index is 1.97. The van der Waals surface area contributed by atoms with Gasteiger partial charge in [-0.3, -0.25) is 4.79 Å². The first-order valence-corrected chi connectivity index (χ1v) is 6.62. The van der Waals surface area contributed by atoms with Crippen LogP contribution in [0.5, 0.6) is 0 Å². The lowest BCUT2D eigenvalue weighted by atomic mass is 10.0. The van der Waals surface area contributed by atoms with Crippen LogP contribution in [-0.4, -0.2) is 10.9 Å². The highest BCUT2D eigenvalue weighted by molar-refractivity contribution is 6.08. The molecule has 0 spiro atoms. The number of nitrogens with zero attached hydrogens (tertiary/aromatic N) is 1. The van der Waals surface area contributed by atoms with Gasteiger partial charge in [-0.15, -0.1) is 0 Å². The third-order valence-electron chi connectivity index (χ3n) is 3.76. The summed E-state index contributed by atoms with van der Waals surface area (Å²) in [7, 11) is 0. The molecule has 1 amide bonds. The Hall–Kier alpha value is -2.39. The van der Waals surface area contributed by atoms with Gasteiger partial charge in [0.1, 0.15) is 0 Å². The molecule has 0 fully saturated rings. The van der Waals surface area contributed by atoms with Gasteiger partial charge in [-0.2, -0.15) is 5.01 Å². The summed E-state index contributed by atoms with van der Waals surface area (Å²) >= 11 is 0. The Kier molecular flexibility index (Phi) is 2.92. The van der Waals surface area contributed by atoms with E-state index in [0.717, 1.165) is 28.1 Å². The summed E-state index contributed by atoms with van der Waals surface area (Å²) in [6, 6.07) is 13.8. The van der Waals surface area contributed by atoms with Gasteiger partial charge in [0.25, 0.3) is 0 Å². The molecule has 0 radical (unpaired) electrons. The van der Waals surface area contributed by atoms with E-state index in [0.29, 0.717) is 0 Å². The fraction of sp³-hybridized carbons (Fsp3) is 0.118. The topological polar surface area (TPSA) is 36.9 Å². The maximum absolute atomic E-state index is 12.5. The first kappa shape index (κ1) is 12.6. The van der Waals surface area contributed by atoms with Crippen LogP contribution in [0, 0.1) is 13.8 Å². The number of benzene rings is 2. The van der Waals surface area contributed by atoms with Crippen LogP contribution in [-0.2, 0) is 0 Å². The van der Waals surface area contributed by atoms with Gasteiger partial charge in [0.05, 0.1) is 11.3 Å². The quantitative estimate of drug-likeness (QED) is 0.505. The first-order chi connectivity index (χ1) is 9.58. The molecule has 20 heavy (non-hydrogen) atoms. The van der Waals surface area contributed by atoms with Crippen LogP contribution >= 0.6 is 0 Å². The van der Waals surface area contributed by atoms with Gasteiger partial charge in [0.2, 0.25) is 0 Å². The molecule has 2 N–H and O–H groups in total. The van der Waals surface area contributed by atoms with Crippen LogP contribution in [0.3, 0.4) is 0 Å². The summed E-state index contributed by atoms with van der Waals surface area (Å²) in [4.78, 5) is 12.5. The van der Waals surface area contributed by atoms with Crippen molar-refractivity contribution >= 4 is 17.3 Å². The van der Waals surface area contributed by atoms with E-state index in [4.69, 9.17) is 0 Å². The fourth-order valence-corrected chi connectivity index (χ4v) is 2.44. The number of fused-ring (bicyclic) bond motifs is 1. The average Bonchev–Trinajstić information content (AvgIpc) is 2.66. The molecule has 2 aromatic rings. The highest BCUT2D eigenvalue weighted by atomic mass is 16.2. The lowest BCUT2D eigenvalue weighted by Crippen LogP contribution is -2.88. The molecule has 1 aliphatic rings. The number of hydrogen-bond acceptors (Lipinski definition) is 1. The smallest absolute Gasteiger partial charge is 0.263 e. The summed E-state index contributed by atoms with van der Waals surface area (Å²) in [6.45, 7) is 8.14. The molecule has 0 bridgehead atoms. The van der Waals surface area contributed by atoms with Gasteiger partial charge in [-0.05, 0) is 37.1 Å².